The molecular formula is C34H43NO6. The van der Waals surface area contributed by atoms with E-state index in [4.69, 9.17) is 14.2 Å². The van der Waals surface area contributed by atoms with Crippen LogP contribution in [0.2, 0.25) is 0 Å². The zero-order valence-corrected chi connectivity index (χ0v) is 25.2. The molecule has 0 saturated heterocycles. The third kappa shape index (κ3) is 10.3. The van der Waals surface area contributed by atoms with Gasteiger partial charge >= 0.3 is 12.1 Å². The number of amides is 1. The normalized spacial score (nSPS) is 12.4. The maximum atomic E-state index is 12.4. The molecule has 0 spiro atoms. The standard InChI is InChI=1S/C34H43NO6/c1-8-23-16-24(22-39-30-15-10-9-12-27(30)20-31(37)40-33(2,3)4)18-28(17-23)25-13-11-14-26(19-25)29(21-36)35-32(38)41-34(5,6)7/h9-19,29,36H,8,20-22H2,1-7H3,(H,35,38). The number of aliphatic hydroxyl groups excluding tert-OH is 1. The van der Waals surface area contributed by atoms with Gasteiger partial charge in [-0.2, -0.15) is 0 Å². The van der Waals surface area contributed by atoms with Gasteiger partial charge in [0.05, 0.1) is 19.1 Å². The van der Waals surface area contributed by atoms with Crippen molar-refractivity contribution in [2.45, 2.75) is 85.2 Å². The third-order valence-electron chi connectivity index (χ3n) is 6.08. The van der Waals surface area contributed by atoms with Crippen LogP contribution in [0.25, 0.3) is 11.1 Å². The Kier molecular flexibility index (Phi) is 10.6. The minimum atomic E-state index is -0.638. The van der Waals surface area contributed by atoms with Crippen LogP contribution in [0.5, 0.6) is 5.75 Å². The van der Waals surface area contributed by atoms with Crippen molar-refractivity contribution >= 4 is 12.1 Å². The molecule has 0 bridgehead atoms. The van der Waals surface area contributed by atoms with E-state index in [-0.39, 0.29) is 19.0 Å². The molecule has 1 unspecified atom stereocenters. The van der Waals surface area contributed by atoms with E-state index in [1.54, 1.807) is 20.8 Å². The molecule has 0 heterocycles. The second-order valence-corrected chi connectivity index (χ2v) is 12.1. The van der Waals surface area contributed by atoms with Crippen molar-refractivity contribution in [3.8, 4) is 16.9 Å². The number of nitrogens with one attached hydrogen (secondary N) is 1. The maximum absolute atomic E-state index is 12.4. The number of aryl methyl sites for hydroxylation is 1. The van der Waals surface area contributed by atoms with Crippen LogP contribution in [0, 0.1) is 0 Å². The topological polar surface area (TPSA) is 94.1 Å². The van der Waals surface area contributed by atoms with Gasteiger partial charge in [-0.05, 0) is 94.0 Å². The number of hydrogen-bond donors (Lipinski definition) is 2. The summed E-state index contributed by atoms with van der Waals surface area (Å²) >= 11 is 0. The van der Waals surface area contributed by atoms with Crippen molar-refractivity contribution in [2.24, 2.45) is 0 Å². The molecule has 220 valence electrons. The summed E-state index contributed by atoms with van der Waals surface area (Å²) in [5.41, 5.74) is 4.45. The Balaban J connectivity index is 1.81. The average molecular weight is 562 g/mol. The van der Waals surface area contributed by atoms with Crippen molar-refractivity contribution < 1.29 is 28.9 Å². The van der Waals surface area contributed by atoms with Gasteiger partial charge in [0, 0.05) is 5.56 Å². The highest BCUT2D eigenvalue weighted by molar-refractivity contribution is 5.74. The van der Waals surface area contributed by atoms with E-state index in [2.05, 4.69) is 30.4 Å². The average Bonchev–Trinajstić information content (AvgIpc) is 2.89. The van der Waals surface area contributed by atoms with Crippen LogP contribution in [-0.2, 0) is 33.7 Å². The van der Waals surface area contributed by atoms with Gasteiger partial charge in [-0.25, -0.2) is 4.79 Å². The molecule has 0 aromatic heterocycles. The zero-order chi connectivity index (χ0) is 30.2. The van der Waals surface area contributed by atoms with Crippen LogP contribution >= 0.6 is 0 Å². The second-order valence-electron chi connectivity index (χ2n) is 12.1. The van der Waals surface area contributed by atoms with Crippen LogP contribution in [-0.4, -0.2) is 35.0 Å². The quantitative estimate of drug-likeness (QED) is 0.261. The van der Waals surface area contributed by atoms with Gasteiger partial charge in [-0.3, -0.25) is 4.79 Å². The molecule has 1 amide bonds. The highest BCUT2D eigenvalue weighted by Crippen LogP contribution is 2.28. The molecule has 0 radical (unpaired) electrons. The fourth-order valence-electron chi connectivity index (χ4n) is 4.32. The van der Waals surface area contributed by atoms with Crippen molar-refractivity contribution in [3.63, 3.8) is 0 Å². The Hall–Kier alpha value is -3.84. The molecule has 3 rings (SSSR count). The number of rotatable bonds is 10. The molecule has 7 nitrogen and oxygen atoms in total. The highest BCUT2D eigenvalue weighted by atomic mass is 16.6. The van der Waals surface area contributed by atoms with Crippen molar-refractivity contribution in [1.82, 2.24) is 5.32 Å². The van der Waals surface area contributed by atoms with Gasteiger partial charge < -0.3 is 24.6 Å². The van der Waals surface area contributed by atoms with Gasteiger partial charge in [0.1, 0.15) is 23.6 Å². The van der Waals surface area contributed by atoms with E-state index in [0.717, 1.165) is 39.8 Å². The lowest BCUT2D eigenvalue weighted by Crippen LogP contribution is -2.36. The zero-order valence-electron chi connectivity index (χ0n) is 25.2. The number of carbonyl (C=O) groups is 2. The number of para-hydroxylation sites is 1. The van der Waals surface area contributed by atoms with E-state index in [0.29, 0.717) is 12.4 Å². The number of carbonyl (C=O) groups excluding carboxylic acids is 2. The van der Waals surface area contributed by atoms with Gasteiger partial charge in [-0.15, -0.1) is 0 Å². The predicted octanol–water partition coefficient (Wildman–Crippen LogP) is 6.94. The molecule has 3 aromatic carbocycles. The smallest absolute Gasteiger partial charge is 0.408 e. The molecular weight excluding hydrogens is 518 g/mol. The van der Waals surface area contributed by atoms with Crippen molar-refractivity contribution in [1.29, 1.82) is 0 Å². The van der Waals surface area contributed by atoms with Gasteiger partial charge in [0.15, 0.2) is 0 Å². The van der Waals surface area contributed by atoms with E-state index < -0.39 is 23.3 Å². The van der Waals surface area contributed by atoms with Crippen LogP contribution in [0.4, 0.5) is 4.79 Å². The maximum Gasteiger partial charge on any atom is 0.408 e. The van der Waals surface area contributed by atoms with Crippen LogP contribution < -0.4 is 10.1 Å². The predicted molar refractivity (Wildman–Crippen MR) is 161 cm³/mol. The lowest BCUT2D eigenvalue weighted by molar-refractivity contribution is -0.153. The number of alkyl carbamates (subject to hydrolysis) is 1. The molecule has 0 aliphatic rings. The summed E-state index contributed by atoms with van der Waals surface area (Å²) in [6.45, 7) is 13.1. The number of ether oxygens (including phenoxy) is 3. The van der Waals surface area contributed by atoms with Crippen molar-refractivity contribution in [2.75, 3.05) is 6.61 Å². The number of hydrogen-bond acceptors (Lipinski definition) is 6. The van der Waals surface area contributed by atoms with Crippen LogP contribution in [0.15, 0.2) is 66.7 Å². The molecule has 2 N–H and O–H groups in total. The SMILES string of the molecule is CCc1cc(COc2ccccc2CC(=O)OC(C)(C)C)cc(-c2cccc(C(CO)NC(=O)OC(C)(C)C)c2)c1. The van der Waals surface area contributed by atoms with Crippen LogP contribution in [0.1, 0.15) is 76.8 Å². The van der Waals surface area contributed by atoms with E-state index in [1.807, 2.05) is 69.3 Å². The number of benzene rings is 3. The number of esters is 1. The Morgan fingerprint density at radius 3 is 2.17 bits per heavy atom. The first-order chi connectivity index (χ1) is 19.3. The second kappa shape index (κ2) is 13.7. The minimum Gasteiger partial charge on any atom is -0.489 e. The van der Waals surface area contributed by atoms with Gasteiger partial charge in [0.2, 0.25) is 0 Å². The van der Waals surface area contributed by atoms with E-state index in [1.165, 1.54) is 0 Å². The minimum absolute atomic E-state index is 0.129. The van der Waals surface area contributed by atoms with E-state index >= 15 is 0 Å². The van der Waals surface area contributed by atoms with Crippen molar-refractivity contribution in [3.05, 3.63) is 89.0 Å². The molecule has 0 aliphatic heterocycles. The highest BCUT2D eigenvalue weighted by Gasteiger charge is 2.21. The first-order valence-electron chi connectivity index (χ1n) is 14.0. The molecule has 7 heteroatoms. The lowest BCUT2D eigenvalue weighted by Gasteiger charge is -2.23. The molecule has 0 aliphatic carbocycles. The largest absolute Gasteiger partial charge is 0.489 e. The first-order valence-corrected chi connectivity index (χ1v) is 14.0. The molecule has 0 fully saturated rings. The summed E-state index contributed by atoms with van der Waals surface area (Å²) < 4.78 is 17.1. The molecule has 41 heavy (non-hydrogen) atoms. The monoisotopic (exact) mass is 561 g/mol. The summed E-state index contributed by atoms with van der Waals surface area (Å²) in [5, 5.41) is 12.8. The summed E-state index contributed by atoms with van der Waals surface area (Å²) in [6.07, 6.45) is 0.389. The fourth-order valence-corrected chi connectivity index (χ4v) is 4.32. The Morgan fingerprint density at radius 1 is 0.829 bits per heavy atom. The summed E-state index contributed by atoms with van der Waals surface area (Å²) in [5.74, 6) is 0.342. The first kappa shape index (κ1) is 31.7. The molecule has 0 saturated carbocycles. The molecule has 1 atom stereocenters. The third-order valence-corrected chi connectivity index (χ3v) is 6.08. The number of aliphatic hydroxyl groups is 1. The fraction of sp³-hybridized carbons (Fsp3) is 0.412. The summed E-state index contributed by atoms with van der Waals surface area (Å²) in [6, 6.07) is 21.0. The summed E-state index contributed by atoms with van der Waals surface area (Å²) in [7, 11) is 0. The van der Waals surface area contributed by atoms with E-state index in [9.17, 15) is 14.7 Å². The summed E-state index contributed by atoms with van der Waals surface area (Å²) in [4.78, 5) is 24.8. The Labute approximate surface area is 243 Å². The van der Waals surface area contributed by atoms with Gasteiger partial charge in [0.25, 0.3) is 0 Å². The Bertz CT molecular complexity index is 1340. The Morgan fingerprint density at radius 2 is 1.51 bits per heavy atom. The lowest BCUT2D eigenvalue weighted by atomic mass is 9.96. The van der Waals surface area contributed by atoms with Gasteiger partial charge in [-0.1, -0.05) is 55.5 Å². The molecule has 3 aromatic rings. The van der Waals surface area contributed by atoms with Crippen LogP contribution in [0.3, 0.4) is 0 Å².